The van der Waals surface area contributed by atoms with Gasteiger partial charge in [-0.05, 0) is 56.5 Å². The first-order valence-corrected chi connectivity index (χ1v) is 11.8. The first-order valence-electron chi connectivity index (χ1n) is 10.7. The highest BCUT2D eigenvalue weighted by molar-refractivity contribution is 7.79. The van der Waals surface area contributed by atoms with Gasteiger partial charge < -0.3 is 41.2 Å². The monoisotopic (exact) mass is 514 g/mol. The summed E-state index contributed by atoms with van der Waals surface area (Å²) >= 11 is -2.22. The third-order valence-electron chi connectivity index (χ3n) is 4.81. The van der Waals surface area contributed by atoms with Crippen molar-refractivity contribution in [3.05, 3.63) is 29.8 Å². The zero-order valence-corrected chi connectivity index (χ0v) is 19.7. The van der Waals surface area contributed by atoms with Gasteiger partial charge in [0.15, 0.2) is 11.1 Å². The number of nitrogens with two attached hydrogens (primary N) is 1. The molecule has 0 heterocycles. The maximum absolute atomic E-state index is 12.9. The second-order valence-corrected chi connectivity index (χ2v) is 8.48. The number of carboxylic acids is 1. The third kappa shape index (κ3) is 10.7. The Bertz CT molecular complexity index is 911. The lowest BCUT2D eigenvalue weighted by molar-refractivity contribution is -0.139. The molecule has 0 aliphatic heterocycles. The first-order chi connectivity index (χ1) is 16.6. The molecule has 4 unspecified atom stereocenters. The number of carbonyl (C=O) groups excluding carboxylic acids is 4. The molecule has 0 bridgehead atoms. The summed E-state index contributed by atoms with van der Waals surface area (Å²) in [6, 6.07) is 1.57. The summed E-state index contributed by atoms with van der Waals surface area (Å²) < 4.78 is 20.2. The van der Waals surface area contributed by atoms with Crippen LogP contribution in [-0.4, -0.2) is 80.2 Å². The second-order valence-electron chi connectivity index (χ2n) is 7.51. The van der Waals surface area contributed by atoms with Crippen LogP contribution in [0.2, 0.25) is 0 Å². The molecule has 0 saturated heterocycles. The van der Waals surface area contributed by atoms with E-state index in [0.29, 0.717) is 6.42 Å². The lowest BCUT2D eigenvalue weighted by Crippen LogP contribution is -2.55. The van der Waals surface area contributed by atoms with Crippen LogP contribution in [-0.2, 0) is 30.3 Å². The van der Waals surface area contributed by atoms with Crippen molar-refractivity contribution in [3.63, 3.8) is 0 Å². The molecule has 0 aromatic heterocycles. The normalized spacial score (nSPS) is 14.1. The molecule has 1 rings (SSSR count). The van der Waals surface area contributed by atoms with Gasteiger partial charge >= 0.3 is 5.97 Å². The predicted molar refractivity (Wildman–Crippen MR) is 124 cm³/mol. The fraction of sp³-hybridized carbons (Fsp3) is 0.476. The van der Waals surface area contributed by atoms with Crippen LogP contribution in [0.1, 0.15) is 42.5 Å². The molecule has 35 heavy (non-hydrogen) atoms. The van der Waals surface area contributed by atoms with E-state index in [4.69, 9.17) is 20.5 Å². The van der Waals surface area contributed by atoms with Crippen LogP contribution in [0.25, 0.3) is 0 Å². The van der Waals surface area contributed by atoms with Crippen LogP contribution in [0.5, 0.6) is 0 Å². The fourth-order valence-electron chi connectivity index (χ4n) is 3.00. The summed E-state index contributed by atoms with van der Waals surface area (Å²) in [6.07, 6.45) is 0.253. The van der Waals surface area contributed by atoms with E-state index in [1.54, 1.807) is 0 Å². The van der Waals surface area contributed by atoms with Crippen molar-refractivity contribution in [2.24, 2.45) is 5.73 Å². The van der Waals surface area contributed by atoms with E-state index in [-0.39, 0.29) is 49.2 Å². The van der Waals surface area contributed by atoms with Crippen molar-refractivity contribution in [1.82, 2.24) is 16.0 Å². The smallest absolute Gasteiger partial charge is 0.305 e. The van der Waals surface area contributed by atoms with Crippen LogP contribution in [0.4, 0.5) is 0 Å². The van der Waals surface area contributed by atoms with E-state index in [2.05, 4.69) is 16.0 Å². The summed E-state index contributed by atoms with van der Waals surface area (Å²) in [5.41, 5.74) is 5.60. The molecule has 14 heteroatoms. The Hall–Kier alpha value is -3.20. The number of aliphatic carboxylic acids is 1. The molecule has 3 amide bonds. The van der Waals surface area contributed by atoms with E-state index in [9.17, 15) is 28.2 Å². The lowest BCUT2D eigenvalue weighted by Gasteiger charge is -2.24. The highest BCUT2D eigenvalue weighted by atomic mass is 32.2. The Morgan fingerprint density at radius 2 is 1.54 bits per heavy atom. The number of hydrogen-bond acceptors (Lipinski definition) is 8. The summed E-state index contributed by atoms with van der Waals surface area (Å²) in [4.78, 5) is 60.1. The molecular formula is C21H30N4O9S. The van der Waals surface area contributed by atoms with Crippen LogP contribution >= 0.6 is 0 Å². The Morgan fingerprint density at radius 3 is 2.06 bits per heavy atom. The van der Waals surface area contributed by atoms with Gasteiger partial charge in [-0.25, -0.2) is 4.21 Å². The maximum atomic E-state index is 12.9. The van der Waals surface area contributed by atoms with Gasteiger partial charge in [-0.1, -0.05) is 0 Å². The molecule has 194 valence electrons. The number of rotatable bonds is 16. The van der Waals surface area contributed by atoms with E-state index >= 15 is 0 Å². The number of nitrogens with one attached hydrogen (secondary N) is 3. The Balaban J connectivity index is 2.97. The SMILES string of the molecule is NCCCC(NC(=O)C(CCCO)NC(=O)c1ccc(S(=O)O)cc1)C(=O)NC(C=O)CC(=O)O. The third-order valence-corrected chi connectivity index (χ3v) is 5.48. The summed E-state index contributed by atoms with van der Waals surface area (Å²) in [7, 11) is 0. The van der Waals surface area contributed by atoms with Gasteiger partial charge in [0.1, 0.15) is 18.4 Å². The Morgan fingerprint density at radius 1 is 0.971 bits per heavy atom. The number of amides is 3. The van der Waals surface area contributed by atoms with Crippen molar-refractivity contribution in [3.8, 4) is 0 Å². The fourth-order valence-corrected chi connectivity index (χ4v) is 3.37. The molecule has 4 atom stereocenters. The second kappa shape index (κ2) is 15.7. The van der Waals surface area contributed by atoms with Gasteiger partial charge in [0.2, 0.25) is 11.8 Å². The van der Waals surface area contributed by atoms with Crippen LogP contribution < -0.4 is 21.7 Å². The van der Waals surface area contributed by atoms with Gasteiger partial charge in [-0.3, -0.25) is 19.2 Å². The van der Waals surface area contributed by atoms with Gasteiger partial charge in [0.05, 0.1) is 17.4 Å². The zero-order valence-electron chi connectivity index (χ0n) is 18.8. The molecule has 0 fully saturated rings. The molecule has 0 saturated carbocycles. The average Bonchev–Trinajstić information content (AvgIpc) is 2.83. The molecule has 0 aliphatic rings. The number of aliphatic hydroxyl groups is 1. The van der Waals surface area contributed by atoms with Gasteiger partial charge in [-0.15, -0.1) is 0 Å². The minimum Gasteiger partial charge on any atom is -0.481 e. The number of aliphatic hydroxyl groups excluding tert-OH is 1. The first kappa shape index (κ1) is 29.8. The van der Waals surface area contributed by atoms with Crippen molar-refractivity contribution >= 4 is 41.1 Å². The van der Waals surface area contributed by atoms with Crippen molar-refractivity contribution in [2.45, 2.75) is 55.1 Å². The van der Waals surface area contributed by atoms with Gasteiger partial charge in [0, 0.05) is 12.2 Å². The van der Waals surface area contributed by atoms with Crippen molar-refractivity contribution in [1.29, 1.82) is 0 Å². The maximum Gasteiger partial charge on any atom is 0.305 e. The van der Waals surface area contributed by atoms with Crippen molar-refractivity contribution in [2.75, 3.05) is 13.2 Å². The summed E-state index contributed by atoms with van der Waals surface area (Å²) in [5.74, 6) is -3.48. The van der Waals surface area contributed by atoms with E-state index in [1.807, 2.05) is 0 Å². The number of benzene rings is 1. The Labute approximate surface area is 204 Å². The van der Waals surface area contributed by atoms with E-state index in [1.165, 1.54) is 24.3 Å². The molecule has 0 spiro atoms. The quantitative estimate of drug-likeness (QED) is 0.1000. The molecular weight excluding hydrogens is 484 g/mol. The topological polar surface area (TPSA) is 225 Å². The molecule has 1 aromatic carbocycles. The number of hydrogen-bond donors (Lipinski definition) is 7. The summed E-state index contributed by atoms with van der Waals surface area (Å²) in [6.45, 7) is -0.0604. The highest BCUT2D eigenvalue weighted by Crippen LogP contribution is 2.09. The van der Waals surface area contributed by atoms with Crippen LogP contribution in [0.3, 0.4) is 0 Å². The zero-order chi connectivity index (χ0) is 26.4. The lowest BCUT2D eigenvalue weighted by atomic mass is 10.1. The Kier molecular flexibility index (Phi) is 13.3. The number of carboxylic acid groups (broad SMARTS) is 1. The average molecular weight is 515 g/mol. The van der Waals surface area contributed by atoms with Crippen LogP contribution in [0.15, 0.2) is 29.2 Å². The van der Waals surface area contributed by atoms with E-state index < -0.39 is 59.3 Å². The number of carbonyl (C=O) groups is 5. The van der Waals surface area contributed by atoms with Crippen molar-refractivity contribution < 1.29 is 42.9 Å². The van der Waals surface area contributed by atoms with Crippen LogP contribution in [0, 0.1) is 0 Å². The summed E-state index contributed by atoms with van der Waals surface area (Å²) in [5, 5.41) is 25.3. The standard InChI is InChI=1S/C21H30N4O9S/c22-9-1-3-16(20(31)23-14(12-27)11-18(28)29)25-21(32)17(4-2-10-26)24-19(30)13-5-7-15(8-6-13)35(33)34/h5-8,12,14,16-17,26H,1-4,9-11,22H2,(H,23,31)(H,24,30)(H,25,32)(H,28,29)(H,33,34). The predicted octanol–water partition coefficient (Wildman–Crippen LogP) is -1.48. The van der Waals surface area contributed by atoms with Gasteiger partial charge in [0.25, 0.3) is 5.91 Å². The molecule has 1 aromatic rings. The molecule has 0 aliphatic carbocycles. The molecule has 8 N–H and O–H groups in total. The largest absolute Gasteiger partial charge is 0.481 e. The molecule has 0 radical (unpaired) electrons. The highest BCUT2D eigenvalue weighted by Gasteiger charge is 2.28. The molecule has 13 nitrogen and oxygen atoms in total. The van der Waals surface area contributed by atoms with Gasteiger partial charge in [-0.2, -0.15) is 0 Å². The van der Waals surface area contributed by atoms with E-state index in [0.717, 1.165) is 0 Å². The minimum atomic E-state index is -2.22. The number of aldehydes is 1. The minimum absolute atomic E-state index is 0.0357.